The molecule has 0 bridgehead atoms. The molecule has 10 heavy (non-hydrogen) atoms. The molecule has 2 heterocycles. The highest BCUT2D eigenvalue weighted by atomic mass is 15.1. The molecule has 0 spiro atoms. The van der Waals surface area contributed by atoms with E-state index in [4.69, 9.17) is 0 Å². The average Bonchev–Trinajstić information content (AvgIpc) is 2.33. The van der Waals surface area contributed by atoms with Gasteiger partial charge in [-0.25, -0.2) is 0 Å². The van der Waals surface area contributed by atoms with Gasteiger partial charge in [0.25, 0.3) is 0 Å². The Bertz CT molecular complexity index is 124. The third kappa shape index (κ3) is 1.06. The van der Waals surface area contributed by atoms with E-state index in [1.54, 1.807) is 0 Å². The number of piperidine rings is 1. The second-order valence-electron chi connectivity index (χ2n) is 3.60. The van der Waals surface area contributed by atoms with Crippen LogP contribution in [0.2, 0.25) is 0 Å². The van der Waals surface area contributed by atoms with Gasteiger partial charge in [-0.15, -0.1) is 0 Å². The molecule has 2 aliphatic rings. The molecule has 3 atom stereocenters. The quantitative estimate of drug-likeness (QED) is 0.415. The fourth-order valence-corrected chi connectivity index (χ4v) is 2.21. The van der Waals surface area contributed by atoms with Crippen LogP contribution in [0.3, 0.4) is 0 Å². The van der Waals surface area contributed by atoms with Crippen molar-refractivity contribution in [3.63, 3.8) is 0 Å². The largest absolute Gasteiger partial charge is 0.467 e. The highest BCUT2D eigenvalue weighted by Gasteiger charge is 2.31. The van der Waals surface area contributed by atoms with E-state index in [-0.39, 0.29) is 0 Å². The molecule has 0 aromatic carbocycles. The Morgan fingerprint density at radius 3 is 3.20 bits per heavy atom. The van der Waals surface area contributed by atoms with Crippen LogP contribution in [0.4, 0.5) is 0 Å². The van der Waals surface area contributed by atoms with Crippen LogP contribution in [0.1, 0.15) is 12.8 Å². The Labute approximate surface area is 62.6 Å². The van der Waals surface area contributed by atoms with Crippen LogP contribution in [0.5, 0.6) is 0 Å². The van der Waals surface area contributed by atoms with Gasteiger partial charge in [-0.3, -0.25) is 0 Å². The van der Waals surface area contributed by atoms with Gasteiger partial charge in [0.05, 0.1) is 19.1 Å². The van der Waals surface area contributed by atoms with E-state index in [0.29, 0.717) is 0 Å². The van der Waals surface area contributed by atoms with Gasteiger partial charge < -0.3 is 10.2 Å². The fourth-order valence-electron chi connectivity index (χ4n) is 2.21. The maximum Gasteiger partial charge on any atom is 0.0689 e. The molecule has 2 heteroatoms. The fraction of sp³-hybridized carbons (Fsp3) is 0.875. The smallest absolute Gasteiger partial charge is 0.0689 e. The summed E-state index contributed by atoms with van der Waals surface area (Å²) in [5.74, 6) is 0.977. The number of fused-ring (bicyclic) bond motifs is 1. The standard InChI is InChI=1S/C8H16N2/c1-10-5-3-7-2-4-9-8(7)6-10/h7-10H,1-6H2/t7-,8+/m1/s1. The van der Waals surface area contributed by atoms with Crippen molar-refractivity contribution in [2.75, 3.05) is 19.6 Å². The monoisotopic (exact) mass is 140 g/mol. The molecule has 0 amide bonds. The molecule has 0 aromatic heterocycles. The molecule has 2 rings (SSSR count). The first-order valence-corrected chi connectivity index (χ1v) is 4.26. The summed E-state index contributed by atoms with van der Waals surface area (Å²) in [7, 11) is 4.03. The predicted octanol–water partition coefficient (Wildman–Crippen LogP) is -0.955. The third-order valence-corrected chi connectivity index (χ3v) is 2.87. The van der Waals surface area contributed by atoms with Crippen molar-refractivity contribution in [1.82, 2.24) is 5.32 Å². The first-order chi connectivity index (χ1) is 4.86. The Hall–Kier alpha value is -0.0800. The van der Waals surface area contributed by atoms with Gasteiger partial charge in [0.15, 0.2) is 0 Å². The zero-order valence-electron chi connectivity index (χ0n) is 6.40. The minimum atomic E-state index is 0.793. The van der Waals surface area contributed by atoms with Crippen LogP contribution in [0.15, 0.2) is 0 Å². The number of nitrogens with one attached hydrogen (secondary N) is 2. The Morgan fingerprint density at radius 1 is 1.40 bits per heavy atom. The Morgan fingerprint density at radius 2 is 2.30 bits per heavy atom. The number of hydrogen-bond donors (Lipinski definition) is 2. The van der Waals surface area contributed by atoms with E-state index < -0.39 is 0 Å². The van der Waals surface area contributed by atoms with Crippen LogP contribution in [0, 0.1) is 13.0 Å². The second kappa shape index (κ2) is 2.51. The highest BCUT2D eigenvalue weighted by Crippen LogP contribution is 2.19. The Kier molecular flexibility index (Phi) is 1.66. The summed E-state index contributed by atoms with van der Waals surface area (Å²) < 4.78 is 0. The van der Waals surface area contributed by atoms with Crippen molar-refractivity contribution in [3.8, 4) is 0 Å². The topological polar surface area (TPSA) is 16.5 Å². The lowest BCUT2D eigenvalue weighted by Gasteiger charge is -2.33. The molecule has 0 aliphatic carbocycles. The first-order valence-electron chi connectivity index (χ1n) is 4.26. The van der Waals surface area contributed by atoms with Crippen molar-refractivity contribution in [3.05, 3.63) is 7.05 Å². The summed E-state index contributed by atoms with van der Waals surface area (Å²) in [6.45, 7) is 3.76. The molecule has 2 aliphatic heterocycles. The molecule has 0 radical (unpaired) electrons. The summed E-state index contributed by atoms with van der Waals surface area (Å²) in [5, 5.41) is 3.53. The van der Waals surface area contributed by atoms with Crippen LogP contribution in [-0.2, 0) is 0 Å². The van der Waals surface area contributed by atoms with Crippen molar-refractivity contribution in [2.45, 2.75) is 18.9 Å². The molecule has 0 aromatic rings. The maximum absolute atomic E-state index is 4.03. The van der Waals surface area contributed by atoms with Crippen LogP contribution >= 0.6 is 0 Å². The van der Waals surface area contributed by atoms with E-state index in [1.165, 1.54) is 37.4 Å². The predicted molar refractivity (Wildman–Crippen MR) is 40.6 cm³/mol. The van der Waals surface area contributed by atoms with Gasteiger partial charge in [0.2, 0.25) is 0 Å². The molecule has 2 saturated heterocycles. The van der Waals surface area contributed by atoms with Gasteiger partial charge in [-0.1, -0.05) is 0 Å². The average molecular weight is 140 g/mol. The molecule has 2 fully saturated rings. The van der Waals surface area contributed by atoms with E-state index in [2.05, 4.69) is 12.4 Å². The molecule has 1 unspecified atom stereocenters. The number of quaternary nitrogens is 1. The van der Waals surface area contributed by atoms with Crippen LogP contribution in [-0.4, -0.2) is 25.7 Å². The summed E-state index contributed by atoms with van der Waals surface area (Å²) in [6.07, 6.45) is 2.79. The second-order valence-corrected chi connectivity index (χ2v) is 3.60. The van der Waals surface area contributed by atoms with Gasteiger partial charge in [0.1, 0.15) is 0 Å². The summed E-state index contributed by atoms with van der Waals surface area (Å²) in [6, 6.07) is 0.793. The van der Waals surface area contributed by atoms with Crippen molar-refractivity contribution < 1.29 is 4.90 Å². The minimum Gasteiger partial charge on any atom is -0.467 e. The Balaban J connectivity index is 1.96. The number of likely N-dealkylation sites (tertiary alicyclic amines) is 1. The number of hydrogen-bond acceptors (Lipinski definition) is 1. The lowest BCUT2D eigenvalue weighted by molar-refractivity contribution is -0.861. The van der Waals surface area contributed by atoms with Crippen molar-refractivity contribution in [1.29, 1.82) is 0 Å². The van der Waals surface area contributed by atoms with E-state index in [1.807, 2.05) is 0 Å². The molecule has 0 saturated carbocycles. The molecular weight excluding hydrogens is 124 g/mol. The molecule has 2 nitrogen and oxygen atoms in total. The van der Waals surface area contributed by atoms with Crippen molar-refractivity contribution in [2.24, 2.45) is 5.92 Å². The third-order valence-electron chi connectivity index (χ3n) is 2.87. The summed E-state index contributed by atoms with van der Waals surface area (Å²) in [4.78, 5) is 1.45. The van der Waals surface area contributed by atoms with Gasteiger partial charge in [-0.2, -0.15) is 7.05 Å². The summed E-state index contributed by atoms with van der Waals surface area (Å²) >= 11 is 0. The van der Waals surface area contributed by atoms with E-state index >= 15 is 0 Å². The zero-order chi connectivity index (χ0) is 6.97. The first kappa shape index (κ1) is 6.62. The van der Waals surface area contributed by atoms with Gasteiger partial charge in [0, 0.05) is 0 Å². The normalized spacial score (nSPS) is 47.1. The van der Waals surface area contributed by atoms with Crippen molar-refractivity contribution >= 4 is 0 Å². The summed E-state index contributed by atoms with van der Waals surface area (Å²) in [5.41, 5.74) is 0. The highest BCUT2D eigenvalue weighted by molar-refractivity contribution is 4.84. The molecular formula is C8H16N2. The SMILES string of the molecule is [CH2-][NH+]1CC[C@H]2CCN[C@H]2C1. The van der Waals surface area contributed by atoms with Gasteiger partial charge in [-0.05, 0) is 25.3 Å². The zero-order valence-corrected chi connectivity index (χ0v) is 6.40. The van der Waals surface area contributed by atoms with Gasteiger partial charge >= 0.3 is 0 Å². The molecule has 2 N–H and O–H groups in total. The maximum atomic E-state index is 4.03. The van der Waals surface area contributed by atoms with Crippen LogP contribution < -0.4 is 10.2 Å². The lowest BCUT2D eigenvalue weighted by atomic mass is 9.93. The number of rotatable bonds is 0. The van der Waals surface area contributed by atoms with E-state index in [0.717, 1.165) is 12.0 Å². The molecule has 58 valence electrons. The lowest BCUT2D eigenvalue weighted by Crippen LogP contribution is -3.09. The minimum absolute atomic E-state index is 0.793. The van der Waals surface area contributed by atoms with E-state index in [9.17, 15) is 0 Å². The van der Waals surface area contributed by atoms with Crippen LogP contribution in [0.25, 0.3) is 0 Å².